The quantitative estimate of drug-likeness (QED) is 0.815. The van der Waals surface area contributed by atoms with Gasteiger partial charge in [-0.2, -0.15) is 13.2 Å². The van der Waals surface area contributed by atoms with Gasteiger partial charge in [-0.25, -0.2) is 0 Å². The fraction of sp³-hybridized carbons (Fsp3) is 0.0714. The fourth-order valence-electron chi connectivity index (χ4n) is 1.61. The van der Waals surface area contributed by atoms with Crippen molar-refractivity contribution < 1.29 is 18.0 Å². The molecule has 2 aromatic rings. The van der Waals surface area contributed by atoms with Crippen molar-refractivity contribution in [3.63, 3.8) is 0 Å². The van der Waals surface area contributed by atoms with Gasteiger partial charge in [-0.15, -0.1) is 0 Å². The number of carbonyl (C=O) groups is 1. The summed E-state index contributed by atoms with van der Waals surface area (Å²) in [5, 5.41) is 3.18. The highest BCUT2D eigenvalue weighted by atomic mass is 35.5. The van der Waals surface area contributed by atoms with E-state index in [2.05, 4.69) is 5.32 Å². The van der Waals surface area contributed by atoms with Crippen molar-refractivity contribution in [3.05, 3.63) is 58.6 Å². The number of anilines is 2. The topological polar surface area (TPSA) is 29.1 Å². The number of aldehydes is 1. The molecule has 0 aliphatic carbocycles. The summed E-state index contributed by atoms with van der Waals surface area (Å²) in [6.45, 7) is 0. The summed E-state index contributed by atoms with van der Waals surface area (Å²) in [5.41, 5.74) is 0.718. The van der Waals surface area contributed by atoms with Crippen LogP contribution in [-0.4, -0.2) is 6.29 Å². The van der Waals surface area contributed by atoms with Gasteiger partial charge in [0, 0.05) is 16.9 Å². The minimum atomic E-state index is -4.35. The molecule has 2 nitrogen and oxygen atoms in total. The van der Waals surface area contributed by atoms with Gasteiger partial charge in [0.2, 0.25) is 0 Å². The molecule has 1 N–H and O–H groups in total. The van der Waals surface area contributed by atoms with Crippen LogP contribution in [0.15, 0.2) is 42.5 Å². The molecule has 20 heavy (non-hydrogen) atoms. The summed E-state index contributed by atoms with van der Waals surface area (Å²) in [6, 6.07) is 9.31. The third-order valence-corrected chi connectivity index (χ3v) is 2.96. The zero-order chi connectivity index (χ0) is 14.8. The molecular weight excluding hydrogens is 291 g/mol. The van der Waals surface area contributed by atoms with E-state index in [1.807, 2.05) is 0 Å². The van der Waals surface area contributed by atoms with Crippen LogP contribution < -0.4 is 5.32 Å². The fourth-order valence-corrected chi connectivity index (χ4v) is 1.83. The van der Waals surface area contributed by atoms with Gasteiger partial charge in [0.1, 0.15) is 0 Å². The predicted octanol–water partition coefficient (Wildman–Crippen LogP) is 4.91. The average molecular weight is 300 g/mol. The lowest BCUT2D eigenvalue weighted by atomic mass is 10.2. The normalized spacial score (nSPS) is 11.2. The van der Waals surface area contributed by atoms with Crippen LogP contribution >= 0.6 is 11.6 Å². The van der Waals surface area contributed by atoms with Crippen LogP contribution in [0.3, 0.4) is 0 Å². The van der Waals surface area contributed by atoms with Crippen LogP contribution in [0.4, 0.5) is 24.5 Å². The Morgan fingerprint density at radius 3 is 2.10 bits per heavy atom. The molecule has 0 atom stereocenters. The van der Waals surface area contributed by atoms with Gasteiger partial charge in [-0.05, 0) is 42.5 Å². The lowest BCUT2D eigenvalue weighted by Gasteiger charge is -2.10. The van der Waals surface area contributed by atoms with Crippen molar-refractivity contribution in [3.8, 4) is 0 Å². The minimum absolute atomic E-state index is 0.275. The molecule has 2 aromatic carbocycles. The van der Waals surface area contributed by atoms with Crippen molar-refractivity contribution in [2.24, 2.45) is 0 Å². The van der Waals surface area contributed by atoms with Crippen LogP contribution in [0.5, 0.6) is 0 Å². The van der Waals surface area contributed by atoms with Gasteiger partial charge < -0.3 is 5.32 Å². The first kappa shape index (κ1) is 14.4. The predicted molar refractivity (Wildman–Crippen MR) is 71.6 cm³/mol. The second kappa shape index (κ2) is 5.54. The van der Waals surface area contributed by atoms with E-state index in [-0.39, 0.29) is 5.02 Å². The summed E-state index contributed by atoms with van der Waals surface area (Å²) in [6.07, 6.45) is -3.72. The number of rotatable bonds is 3. The molecule has 0 fully saturated rings. The number of benzene rings is 2. The van der Waals surface area contributed by atoms with Crippen LogP contribution in [0.2, 0.25) is 5.02 Å². The van der Waals surface area contributed by atoms with E-state index in [0.29, 0.717) is 23.2 Å². The maximum atomic E-state index is 12.4. The van der Waals surface area contributed by atoms with E-state index in [1.165, 1.54) is 24.3 Å². The summed E-state index contributed by atoms with van der Waals surface area (Å²) in [5.74, 6) is 0. The number of carbonyl (C=O) groups excluding carboxylic acids is 1. The Labute approximate surface area is 118 Å². The summed E-state index contributed by atoms with van der Waals surface area (Å²) in [4.78, 5) is 10.6. The van der Waals surface area contributed by atoms with E-state index < -0.39 is 11.7 Å². The molecule has 0 saturated carbocycles. The van der Waals surface area contributed by atoms with E-state index in [1.54, 1.807) is 6.07 Å². The monoisotopic (exact) mass is 299 g/mol. The largest absolute Gasteiger partial charge is 0.416 e. The molecule has 0 spiro atoms. The molecule has 0 aliphatic rings. The molecule has 0 radical (unpaired) electrons. The molecule has 0 bridgehead atoms. The zero-order valence-corrected chi connectivity index (χ0v) is 10.8. The smallest absolute Gasteiger partial charge is 0.355 e. The van der Waals surface area contributed by atoms with Crippen LogP contribution in [0.25, 0.3) is 0 Å². The number of halogens is 4. The number of hydrogen-bond donors (Lipinski definition) is 1. The molecule has 104 valence electrons. The SMILES string of the molecule is O=Cc1ccc(Nc2ccc(C(F)(F)F)cc2)cc1Cl. The highest BCUT2D eigenvalue weighted by molar-refractivity contribution is 6.33. The molecule has 0 saturated heterocycles. The Bertz CT molecular complexity index is 623. The second-order valence-corrected chi connectivity index (χ2v) is 4.46. The first-order valence-electron chi connectivity index (χ1n) is 5.59. The summed E-state index contributed by atoms with van der Waals surface area (Å²) in [7, 11) is 0. The van der Waals surface area contributed by atoms with Gasteiger partial charge in [0.25, 0.3) is 0 Å². The Morgan fingerprint density at radius 1 is 1.00 bits per heavy atom. The second-order valence-electron chi connectivity index (χ2n) is 4.05. The first-order chi connectivity index (χ1) is 9.40. The van der Waals surface area contributed by atoms with Gasteiger partial charge >= 0.3 is 6.18 Å². The van der Waals surface area contributed by atoms with Crippen LogP contribution in [-0.2, 0) is 6.18 Å². The molecule has 0 amide bonds. The lowest BCUT2D eigenvalue weighted by molar-refractivity contribution is -0.137. The number of nitrogens with one attached hydrogen (secondary N) is 1. The Balaban J connectivity index is 2.18. The third-order valence-electron chi connectivity index (χ3n) is 2.63. The Hall–Kier alpha value is -2.01. The number of hydrogen-bond acceptors (Lipinski definition) is 2. The van der Waals surface area contributed by atoms with Gasteiger partial charge in [-0.1, -0.05) is 11.6 Å². The van der Waals surface area contributed by atoms with Crippen molar-refractivity contribution in [1.82, 2.24) is 0 Å². The summed E-state index contributed by atoms with van der Waals surface area (Å²) >= 11 is 5.86. The highest BCUT2D eigenvalue weighted by Crippen LogP contribution is 2.30. The zero-order valence-electron chi connectivity index (χ0n) is 10.0. The van der Waals surface area contributed by atoms with Crippen molar-refractivity contribution in [2.45, 2.75) is 6.18 Å². The Kier molecular flexibility index (Phi) is 3.99. The molecular formula is C14H9ClF3NO. The standard InChI is InChI=1S/C14H9ClF3NO/c15-13-7-12(4-1-9(13)8-20)19-11-5-2-10(3-6-11)14(16,17)18/h1-8,19H. The lowest BCUT2D eigenvalue weighted by Crippen LogP contribution is -2.04. The van der Waals surface area contributed by atoms with Gasteiger partial charge in [0.15, 0.2) is 6.29 Å². The van der Waals surface area contributed by atoms with Gasteiger partial charge in [-0.3, -0.25) is 4.79 Å². The first-order valence-corrected chi connectivity index (χ1v) is 5.97. The van der Waals surface area contributed by atoms with E-state index in [4.69, 9.17) is 11.6 Å². The van der Waals surface area contributed by atoms with E-state index in [0.717, 1.165) is 12.1 Å². The molecule has 0 aliphatic heterocycles. The van der Waals surface area contributed by atoms with Crippen LogP contribution in [0.1, 0.15) is 15.9 Å². The maximum absolute atomic E-state index is 12.4. The van der Waals surface area contributed by atoms with Crippen molar-refractivity contribution in [1.29, 1.82) is 0 Å². The number of alkyl halides is 3. The molecule has 0 aromatic heterocycles. The maximum Gasteiger partial charge on any atom is 0.416 e. The average Bonchev–Trinajstić information content (AvgIpc) is 2.38. The van der Waals surface area contributed by atoms with E-state index >= 15 is 0 Å². The Morgan fingerprint density at radius 2 is 1.60 bits per heavy atom. The third kappa shape index (κ3) is 3.30. The minimum Gasteiger partial charge on any atom is -0.355 e. The molecule has 2 rings (SSSR count). The summed E-state index contributed by atoms with van der Waals surface area (Å²) < 4.78 is 37.2. The molecule has 6 heteroatoms. The highest BCUT2D eigenvalue weighted by Gasteiger charge is 2.29. The molecule has 0 heterocycles. The van der Waals surface area contributed by atoms with E-state index in [9.17, 15) is 18.0 Å². The van der Waals surface area contributed by atoms with Crippen molar-refractivity contribution in [2.75, 3.05) is 5.32 Å². The van der Waals surface area contributed by atoms with Gasteiger partial charge in [0.05, 0.1) is 10.6 Å². The van der Waals surface area contributed by atoms with Crippen molar-refractivity contribution >= 4 is 29.3 Å². The van der Waals surface area contributed by atoms with Crippen LogP contribution in [0, 0.1) is 0 Å². The molecule has 0 unspecified atom stereocenters.